The molecule has 2 aromatic rings. The van der Waals surface area contributed by atoms with Crippen molar-refractivity contribution in [3.63, 3.8) is 0 Å². The van der Waals surface area contributed by atoms with E-state index in [0.717, 1.165) is 12.0 Å². The van der Waals surface area contributed by atoms with Crippen LogP contribution in [0.5, 0.6) is 11.5 Å². The number of rotatable bonds is 6. The smallest absolute Gasteiger partial charge is 0.256 e. The zero-order valence-corrected chi connectivity index (χ0v) is 17.1. The fraction of sp³-hybridized carbons (Fsp3) is 0.381. The van der Waals surface area contributed by atoms with Gasteiger partial charge in [-0.15, -0.1) is 0 Å². The number of carbonyl (C=O) groups excluding carboxylic acids is 1. The number of sulfone groups is 1. The molecular formula is C21H25FN2O4S. The Labute approximate surface area is 170 Å². The van der Waals surface area contributed by atoms with Crippen LogP contribution in [0, 0.1) is 5.82 Å². The van der Waals surface area contributed by atoms with Crippen LogP contribution in [0.1, 0.15) is 28.8 Å². The fourth-order valence-corrected chi connectivity index (χ4v) is 4.85. The highest BCUT2D eigenvalue weighted by Gasteiger charge is 2.30. The number of ether oxygens (including phenoxy) is 1. The summed E-state index contributed by atoms with van der Waals surface area (Å²) in [4.78, 5) is 14.2. The molecule has 1 heterocycles. The van der Waals surface area contributed by atoms with E-state index in [1.165, 1.54) is 23.1 Å². The van der Waals surface area contributed by atoms with Gasteiger partial charge in [0.25, 0.3) is 5.91 Å². The molecule has 0 atom stereocenters. The van der Waals surface area contributed by atoms with Crippen LogP contribution in [0.2, 0.25) is 0 Å². The molecule has 156 valence electrons. The molecule has 1 aliphatic heterocycles. The molecule has 8 heteroatoms. The quantitative estimate of drug-likeness (QED) is 0.776. The molecule has 3 rings (SSSR count). The third-order valence-electron chi connectivity index (χ3n) is 5.15. The maximum Gasteiger partial charge on any atom is 0.256 e. The standard InChI is InChI=1S/C21H25FN2O4S/c1-24(16-9-12-29(26,27)13-10-16)21(25)19-14-18(6-7-20(19)22)28-17-4-2-15(3-5-17)8-11-23/h2-7,14,16H,8-13,23H2,1H3. The second kappa shape index (κ2) is 8.92. The van der Waals surface area contributed by atoms with Gasteiger partial charge in [0.05, 0.1) is 17.1 Å². The van der Waals surface area contributed by atoms with Gasteiger partial charge in [-0.05, 0) is 61.7 Å². The molecule has 0 unspecified atom stereocenters. The highest BCUT2D eigenvalue weighted by Crippen LogP contribution is 2.26. The van der Waals surface area contributed by atoms with E-state index in [2.05, 4.69) is 0 Å². The molecule has 1 amide bonds. The van der Waals surface area contributed by atoms with Crippen LogP contribution in [-0.4, -0.2) is 50.4 Å². The number of amides is 1. The van der Waals surface area contributed by atoms with Gasteiger partial charge in [0.2, 0.25) is 0 Å². The minimum atomic E-state index is -3.03. The highest BCUT2D eigenvalue weighted by molar-refractivity contribution is 7.91. The van der Waals surface area contributed by atoms with Crippen LogP contribution >= 0.6 is 0 Å². The average Bonchev–Trinajstić information content (AvgIpc) is 2.70. The van der Waals surface area contributed by atoms with Gasteiger partial charge in [0, 0.05) is 13.1 Å². The van der Waals surface area contributed by atoms with Crippen molar-refractivity contribution in [1.29, 1.82) is 0 Å². The van der Waals surface area contributed by atoms with Crippen molar-refractivity contribution in [1.82, 2.24) is 4.90 Å². The van der Waals surface area contributed by atoms with E-state index in [0.29, 0.717) is 30.9 Å². The minimum absolute atomic E-state index is 0.0427. The van der Waals surface area contributed by atoms with Gasteiger partial charge >= 0.3 is 0 Å². The number of nitrogens with two attached hydrogens (primary N) is 1. The van der Waals surface area contributed by atoms with E-state index in [4.69, 9.17) is 10.5 Å². The summed E-state index contributed by atoms with van der Waals surface area (Å²) in [5.74, 6) is -0.128. The molecule has 1 fully saturated rings. The Morgan fingerprint density at radius 3 is 2.38 bits per heavy atom. The summed E-state index contributed by atoms with van der Waals surface area (Å²) in [5, 5.41) is 0. The molecule has 6 nitrogen and oxygen atoms in total. The monoisotopic (exact) mass is 420 g/mol. The molecule has 0 radical (unpaired) electrons. The molecule has 2 N–H and O–H groups in total. The van der Waals surface area contributed by atoms with E-state index in [1.54, 1.807) is 19.2 Å². The van der Waals surface area contributed by atoms with Crippen LogP contribution in [0.15, 0.2) is 42.5 Å². The van der Waals surface area contributed by atoms with Gasteiger partial charge in [-0.1, -0.05) is 12.1 Å². The molecule has 1 saturated heterocycles. The highest BCUT2D eigenvalue weighted by atomic mass is 32.2. The molecule has 1 aliphatic rings. The summed E-state index contributed by atoms with van der Waals surface area (Å²) in [6.07, 6.45) is 1.49. The molecule has 29 heavy (non-hydrogen) atoms. The summed E-state index contributed by atoms with van der Waals surface area (Å²) < 4.78 is 43.3. The summed E-state index contributed by atoms with van der Waals surface area (Å²) in [5.41, 5.74) is 6.53. The topological polar surface area (TPSA) is 89.7 Å². The number of carbonyl (C=O) groups is 1. The first-order chi connectivity index (χ1) is 13.8. The lowest BCUT2D eigenvalue weighted by atomic mass is 10.1. The average molecular weight is 421 g/mol. The Morgan fingerprint density at radius 1 is 1.14 bits per heavy atom. The molecule has 0 bridgehead atoms. The molecule has 2 aromatic carbocycles. The third kappa shape index (κ3) is 5.33. The Morgan fingerprint density at radius 2 is 1.76 bits per heavy atom. The summed E-state index contributed by atoms with van der Waals surface area (Å²) in [7, 11) is -1.46. The van der Waals surface area contributed by atoms with Gasteiger partial charge in [-0.2, -0.15) is 0 Å². The summed E-state index contributed by atoms with van der Waals surface area (Å²) in [6.45, 7) is 0.560. The second-order valence-electron chi connectivity index (χ2n) is 7.23. The normalized spacial score (nSPS) is 16.4. The predicted octanol–water partition coefficient (Wildman–Crippen LogP) is 2.77. The van der Waals surface area contributed by atoms with Crippen LogP contribution in [0.3, 0.4) is 0 Å². The summed E-state index contributed by atoms with van der Waals surface area (Å²) >= 11 is 0. The van der Waals surface area contributed by atoms with E-state index in [-0.39, 0.29) is 23.1 Å². The predicted molar refractivity (Wildman–Crippen MR) is 109 cm³/mol. The first kappa shape index (κ1) is 21.3. The Hall–Kier alpha value is -2.45. The number of hydrogen-bond acceptors (Lipinski definition) is 5. The Balaban J connectivity index is 1.73. The molecule has 0 aliphatic carbocycles. The molecule has 0 saturated carbocycles. The van der Waals surface area contributed by atoms with Gasteiger partial charge in [-0.25, -0.2) is 12.8 Å². The Bertz CT molecular complexity index is 963. The van der Waals surface area contributed by atoms with Crippen molar-refractivity contribution in [3.8, 4) is 11.5 Å². The van der Waals surface area contributed by atoms with Crippen molar-refractivity contribution in [2.24, 2.45) is 5.73 Å². The molecule has 0 aromatic heterocycles. The van der Waals surface area contributed by atoms with E-state index < -0.39 is 21.6 Å². The van der Waals surface area contributed by atoms with Gasteiger partial charge < -0.3 is 15.4 Å². The van der Waals surface area contributed by atoms with Crippen LogP contribution in [0.25, 0.3) is 0 Å². The zero-order chi connectivity index (χ0) is 21.0. The van der Waals surface area contributed by atoms with E-state index in [9.17, 15) is 17.6 Å². The maximum atomic E-state index is 14.3. The van der Waals surface area contributed by atoms with Crippen molar-refractivity contribution < 1.29 is 22.3 Å². The van der Waals surface area contributed by atoms with E-state index in [1.807, 2.05) is 12.1 Å². The van der Waals surface area contributed by atoms with Crippen LogP contribution in [0.4, 0.5) is 4.39 Å². The maximum absolute atomic E-state index is 14.3. The third-order valence-corrected chi connectivity index (χ3v) is 6.87. The largest absolute Gasteiger partial charge is 0.457 e. The minimum Gasteiger partial charge on any atom is -0.457 e. The summed E-state index contributed by atoms with van der Waals surface area (Å²) in [6, 6.07) is 11.2. The van der Waals surface area contributed by atoms with Gasteiger partial charge in [0.15, 0.2) is 0 Å². The SMILES string of the molecule is CN(C(=O)c1cc(Oc2ccc(CCN)cc2)ccc1F)C1CCS(=O)(=O)CC1. The lowest BCUT2D eigenvalue weighted by Crippen LogP contribution is -2.42. The number of hydrogen-bond donors (Lipinski definition) is 1. The second-order valence-corrected chi connectivity index (χ2v) is 9.53. The van der Waals surface area contributed by atoms with Crippen molar-refractivity contribution >= 4 is 15.7 Å². The molecular weight excluding hydrogens is 395 g/mol. The van der Waals surface area contributed by atoms with Gasteiger partial charge in [-0.3, -0.25) is 4.79 Å². The van der Waals surface area contributed by atoms with Gasteiger partial charge in [0.1, 0.15) is 27.2 Å². The van der Waals surface area contributed by atoms with E-state index >= 15 is 0 Å². The first-order valence-electron chi connectivity index (χ1n) is 9.53. The number of halogens is 1. The number of nitrogens with zero attached hydrogens (tertiary/aromatic N) is 1. The number of benzene rings is 2. The van der Waals surface area contributed by atoms with Crippen molar-refractivity contribution in [3.05, 3.63) is 59.4 Å². The van der Waals surface area contributed by atoms with Crippen LogP contribution in [-0.2, 0) is 16.3 Å². The molecule has 0 spiro atoms. The first-order valence-corrected chi connectivity index (χ1v) is 11.4. The Kier molecular flexibility index (Phi) is 6.54. The van der Waals surface area contributed by atoms with Crippen LogP contribution < -0.4 is 10.5 Å². The zero-order valence-electron chi connectivity index (χ0n) is 16.3. The lowest BCUT2D eigenvalue weighted by molar-refractivity contribution is 0.0716. The lowest BCUT2D eigenvalue weighted by Gasteiger charge is -2.31. The van der Waals surface area contributed by atoms with Crippen molar-refractivity contribution in [2.45, 2.75) is 25.3 Å². The van der Waals surface area contributed by atoms with Crippen molar-refractivity contribution in [2.75, 3.05) is 25.1 Å². The fourth-order valence-electron chi connectivity index (χ4n) is 3.38.